The van der Waals surface area contributed by atoms with E-state index in [0.717, 1.165) is 77.0 Å². The van der Waals surface area contributed by atoms with Crippen molar-refractivity contribution in [3.05, 3.63) is 0 Å². The predicted octanol–water partition coefficient (Wildman–Crippen LogP) is 3.74. The zero-order valence-electron chi connectivity index (χ0n) is 23.5. The van der Waals surface area contributed by atoms with E-state index in [2.05, 4.69) is 10.6 Å². The number of alkyl carbamates (subject to hydrolysis) is 1. The number of ether oxygens (including phenoxy) is 1. The van der Waals surface area contributed by atoms with Gasteiger partial charge in [0, 0.05) is 18.1 Å². The third-order valence-electron chi connectivity index (χ3n) is 7.36. The van der Waals surface area contributed by atoms with Crippen molar-refractivity contribution < 1.29 is 24.9 Å². The number of hydrogen-bond donors (Lipinski definition) is 6. The molecule has 0 heterocycles. The summed E-state index contributed by atoms with van der Waals surface area (Å²) >= 11 is 0. The minimum absolute atomic E-state index is 0.134. The van der Waals surface area contributed by atoms with Crippen LogP contribution in [-0.4, -0.2) is 69.0 Å². The van der Waals surface area contributed by atoms with E-state index in [4.69, 9.17) is 10.5 Å². The van der Waals surface area contributed by atoms with Gasteiger partial charge in [0.05, 0.1) is 16.8 Å². The molecule has 3 rings (SSSR count). The first kappa shape index (κ1) is 32.1. The number of rotatable bonds is 2. The molecule has 35 heavy (non-hydrogen) atoms. The number of nitrogens with one attached hydrogen (secondary N) is 2. The molecule has 3 aliphatic carbocycles. The van der Waals surface area contributed by atoms with Crippen LogP contribution >= 0.6 is 0 Å². The van der Waals surface area contributed by atoms with E-state index >= 15 is 0 Å². The zero-order chi connectivity index (χ0) is 26.9. The average molecular weight is 502 g/mol. The molecule has 0 saturated heterocycles. The zero-order valence-corrected chi connectivity index (χ0v) is 23.5. The Morgan fingerprint density at radius 1 is 0.771 bits per heavy atom. The molecule has 3 fully saturated rings. The Labute approximate surface area is 213 Å². The number of amides is 1. The third kappa shape index (κ3) is 15.0. The van der Waals surface area contributed by atoms with Crippen molar-refractivity contribution in [2.45, 2.75) is 159 Å². The first-order valence-electron chi connectivity index (χ1n) is 13.5. The SMILES string of the molecule is CC1(O)CCC(N)CC1.CC1(O)CCC(NC(=O)OC(C)(C)C)CC1.CNC1CCC(C)(O)CC1. The van der Waals surface area contributed by atoms with Crippen molar-refractivity contribution in [3.8, 4) is 0 Å². The molecule has 0 bridgehead atoms. The van der Waals surface area contributed by atoms with E-state index in [1.165, 1.54) is 0 Å². The summed E-state index contributed by atoms with van der Waals surface area (Å²) < 4.78 is 5.18. The highest BCUT2D eigenvalue weighted by molar-refractivity contribution is 5.68. The monoisotopic (exact) mass is 501 g/mol. The number of carbonyl (C=O) groups excluding carboxylic acids is 1. The molecule has 8 heteroatoms. The topological polar surface area (TPSA) is 137 Å². The molecule has 3 saturated carbocycles. The lowest BCUT2D eigenvalue weighted by Gasteiger charge is -2.33. The van der Waals surface area contributed by atoms with E-state index in [1.807, 2.05) is 48.6 Å². The van der Waals surface area contributed by atoms with Crippen LogP contribution in [0.25, 0.3) is 0 Å². The summed E-state index contributed by atoms with van der Waals surface area (Å²) in [5, 5.41) is 34.8. The highest BCUT2D eigenvalue weighted by Gasteiger charge is 2.30. The van der Waals surface area contributed by atoms with Crippen molar-refractivity contribution >= 4 is 6.09 Å². The number of hydrogen-bond acceptors (Lipinski definition) is 7. The van der Waals surface area contributed by atoms with Crippen LogP contribution in [0.5, 0.6) is 0 Å². The van der Waals surface area contributed by atoms with Crippen LogP contribution in [0.4, 0.5) is 4.79 Å². The molecular formula is C27H55N3O5. The van der Waals surface area contributed by atoms with Crippen LogP contribution in [0.3, 0.4) is 0 Å². The second kappa shape index (κ2) is 13.6. The lowest BCUT2D eigenvalue weighted by molar-refractivity contribution is 0.00938. The Morgan fingerprint density at radius 3 is 1.43 bits per heavy atom. The number of aliphatic hydroxyl groups is 3. The smallest absolute Gasteiger partial charge is 0.407 e. The summed E-state index contributed by atoms with van der Waals surface area (Å²) in [6.45, 7) is 11.2. The molecule has 0 unspecified atom stereocenters. The maximum atomic E-state index is 11.5. The van der Waals surface area contributed by atoms with Crippen LogP contribution < -0.4 is 16.4 Å². The van der Waals surface area contributed by atoms with Crippen molar-refractivity contribution in [1.82, 2.24) is 10.6 Å². The molecule has 7 N–H and O–H groups in total. The van der Waals surface area contributed by atoms with Crippen molar-refractivity contribution in [2.24, 2.45) is 5.73 Å². The maximum Gasteiger partial charge on any atom is 0.407 e. The van der Waals surface area contributed by atoms with Gasteiger partial charge in [-0.25, -0.2) is 4.79 Å². The Balaban J connectivity index is 0.000000278. The van der Waals surface area contributed by atoms with E-state index in [9.17, 15) is 20.1 Å². The molecule has 0 aromatic rings. The Hall–Kier alpha value is -0.930. The van der Waals surface area contributed by atoms with E-state index in [-0.39, 0.29) is 17.7 Å². The van der Waals surface area contributed by atoms with E-state index in [0.29, 0.717) is 12.1 Å². The van der Waals surface area contributed by atoms with Crippen LogP contribution in [-0.2, 0) is 4.74 Å². The molecular weight excluding hydrogens is 446 g/mol. The largest absolute Gasteiger partial charge is 0.444 e. The predicted molar refractivity (Wildman–Crippen MR) is 141 cm³/mol. The maximum absolute atomic E-state index is 11.5. The van der Waals surface area contributed by atoms with Gasteiger partial charge in [-0.05, 0) is 126 Å². The van der Waals surface area contributed by atoms with Crippen LogP contribution in [0.1, 0.15) is 119 Å². The highest BCUT2D eigenvalue weighted by atomic mass is 16.6. The molecule has 208 valence electrons. The Bertz CT molecular complexity index is 601. The van der Waals surface area contributed by atoms with Gasteiger partial charge in [-0.3, -0.25) is 0 Å². The fourth-order valence-corrected chi connectivity index (χ4v) is 4.65. The summed E-state index contributed by atoms with van der Waals surface area (Å²) in [7, 11) is 1.99. The molecule has 1 amide bonds. The summed E-state index contributed by atoms with van der Waals surface area (Å²) in [6.07, 6.45) is 10.5. The van der Waals surface area contributed by atoms with Crippen LogP contribution in [0.2, 0.25) is 0 Å². The lowest BCUT2D eigenvalue weighted by Crippen LogP contribution is -2.44. The summed E-state index contributed by atoms with van der Waals surface area (Å²) in [5.74, 6) is 0. The van der Waals surface area contributed by atoms with Gasteiger partial charge in [-0.1, -0.05) is 0 Å². The molecule has 0 spiro atoms. The first-order valence-corrected chi connectivity index (χ1v) is 13.5. The summed E-state index contributed by atoms with van der Waals surface area (Å²) in [6, 6.07) is 1.11. The number of carbonyl (C=O) groups is 1. The Morgan fingerprint density at radius 2 is 1.11 bits per heavy atom. The van der Waals surface area contributed by atoms with Gasteiger partial charge in [0.2, 0.25) is 0 Å². The van der Waals surface area contributed by atoms with Gasteiger partial charge in [-0.2, -0.15) is 0 Å². The van der Waals surface area contributed by atoms with Crippen molar-refractivity contribution in [3.63, 3.8) is 0 Å². The van der Waals surface area contributed by atoms with Crippen molar-refractivity contribution in [1.29, 1.82) is 0 Å². The second-order valence-corrected chi connectivity index (χ2v) is 12.8. The molecule has 0 aromatic carbocycles. The third-order valence-corrected chi connectivity index (χ3v) is 7.36. The normalized spacial score (nSPS) is 37.6. The fourth-order valence-electron chi connectivity index (χ4n) is 4.65. The summed E-state index contributed by atoms with van der Waals surface area (Å²) in [4.78, 5) is 11.5. The van der Waals surface area contributed by atoms with Gasteiger partial charge in [0.1, 0.15) is 5.60 Å². The first-order chi connectivity index (χ1) is 15.9. The summed E-state index contributed by atoms with van der Waals surface area (Å²) in [5.41, 5.74) is 3.82. The lowest BCUT2D eigenvalue weighted by atomic mass is 9.84. The van der Waals surface area contributed by atoms with Crippen molar-refractivity contribution in [2.75, 3.05) is 7.05 Å². The quantitative estimate of drug-likeness (QED) is 0.339. The average Bonchev–Trinajstić information content (AvgIpc) is 2.72. The van der Waals surface area contributed by atoms with Gasteiger partial charge in [0.25, 0.3) is 0 Å². The molecule has 8 nitrogen and oxygen atoms in total. The van der Waals surface area contributed by atoms with E-state index in [1.54, 1.807) is 0 Å². The highest BCUT2D eigenvalue weighted by Crippen LogP contribution is 2.28. The van der Waals surface area contributed by atoms with Gasteiger partial charge >= 0.3 is 6.09 Å². The fraction of sp³-hybridized carbons (Fsp3) is 0.963. The van der Waals surface area contributed by atoms with Crippen LogP contribution in [0.15, 0.2) is 0 Å². The molecule has 0 aliphatic heterocycles. The van der Waals surface area contributed by atoms with Gasteiger partial charge in [-0.15, -0.1) is 0 Å². The molecule has 0 aromatic heterocycles. The standard InChI is InChI=1S/C12H23NO3.C8H17NO.C7H15NO/c1-11(2,3)16-10(14)13-9-5-7-12(4,15)8-6-9;1-8(10)5-3-7(9-2)4-6-8;1-7(9)4-2-6(8)3-5-7/h9,15H,5-8H2,1-4H3,(H,13,14);7,9-10H,3-6H2,1-2H3;6,9H,2-5,8H2,1H3. The second-order valence-electron chi connectivity index (χ2n) is 12.8. The molecule has 0 radical (unpaired) electrons. The van der Waals surface area contributed by atoms with Crippen LogP contribution in [0, 0.1) is 0 Å². The Kier molecular flexibility index (Phi) is 12.4. The van der Waals surface area contributed by atoms with E-state index < -0.39 is 16.8 Å². The minimum Gasteiger partial charge on any atom is -0.444 e. The minimum atomic E-state index is -0.563. The van der Waals surface area contributed by atoms with Gasteiger partial charge < -0.3 is 36.4 Å². The molecule has 0 atom stereocenters. The van der Waals surface area contributed by atoms with Gasteiger partial charge in [0.15, 0.2) is 0 Å². The molecule has 3 aliphatic rings. The number of nitrogens with two attached hydrogens (primary N) is 1.